The quantitative estimate of drug-likeness (QED) is 0.216. The minimum atomic E-state index is -3.74. The predicted octanol–water partition coefficient (Wildman–Crippen LogP) is 2.59. The predicted molar refractivity (Wildman–Crippen MR) is 140 cm³/mol. The van der Waals surface area contributed by atoms with Crippen LogP contribution in [0.4, 0.5) is 0 Å². The van der Waals surface area contributed by atoms with E-state index in [1.54, 1.807) is 16.2 Å². The zero-order chi connectivity index (χ0) is 26.3. The maximum absolute atomic E-state index is 12.7. The highest BCUT2D eigenvalue weighted by atomic mass is 32.2. The Balaban J connectivity index is 1.68. The number of imidazole rings is 2. The maximum atomic E-state index is 12.7. The summed E-state index contributed by atoms with van der Waals surface area (Å²) in [5.41, 5.74) is 2.46. The molecule has 0 radical (unpaired) electrons. The van der Waals surface area contributed by atoms with E-state index >= 15 is 0 Å². The maximum Gasteiger partial charge on any atom is 0.308 e. The minimum Gasteiger partial charge on any atom is -0.497 e. The van der Waals surface area contributed by atoms with Gasteiger partial charge in [-0.3, -0.25) is 4.40 Å². The van der Waals surface area contributed by atoms with Crippen LogP contribution in [0, 0.1) is 6.92 Å². The van der Waals surface area contributed by atoms with E-state index in [4.69, 9.17) is 9.72 Å². The molecule has 0 aliphatic carbocycles. The van der Waals surface area contributed by atoms with Crippen molar-refractivity contribution in [3.63, 3.8) is 0 Å². The van der Waals surface area contributed by atoms with Crippen molar-refractivity contribution in [2.75, 3.05) is 27.5 Å². The van der Waals surface area contributed by atoms with Gasteiger partial charge in [-0.1, -0.05) is 12.1 Å². The molecule has 0 fully saturated rings. The number of aromatic nitrogens is 8. The molecule has 5 rings (SSSR count). The van der Waals surface area contributed by atoms with Crippen molar-refractivity contribution in [1.29, 1.82) is 0 Å². The standard InChI is InChI=1S/C23H25N9O3S2/c1-15-25-22(32(28-15)12-16-6-8-17(35-4)9-7-16)20-21(31-11-10-19(36-5)26-23(31)27-20)18-13-30(14-24-18)37(33,34)29(2)3/h6-11,13-14H,12H2,1-5H3. The molecule has 0 aliphatic rings. The second-order valence-electron chi connectivity index (χ2n) is 8.32. The van der Waals surface area contributed by atoms with Crippen LogP contribution < -0.4 is 4.74 Å². The summed E-state index contributed by atoms with van der Waals surface area (Å²) in [5.74, 6) is 2.30. The van der Waals surface area contributed by atoms with E-state index in [0.29, 0.717) is 41.1 Å². The third-order valence-electron chi connectivity index (χ3n) is 5.69. The summed E-state index contributed by atoms with van der Waals surface area (Å²) in [6.45, 7) is 2.26. The molecule has 0 saturated heterocycles. The van der Waals surface area contributed by atoms with Crippen LogP contribution in [0.5, 0.6) is 5.75 Å². The number of aryl methyl sites for hydroxylation is 1. The molecule has 0 unspecified atom stereocenters. The molecule has 37 heavy (non-hydrogen) atoms. The Hall–Kier alpha value is -3.75. The molecule has 0 atom stereocenters. The van der Waals surface area contributed by atoms with Gasteiger partial charge >= 0.3 is 10.2 Å². The summed E-state index contributed by atoms with van der Waals surface area (Å²) in [6, 6.07) is 9.57. The van der Waals surface area contributed by atoms with Gasteiger partial charge < -0.3 is 4.74 Å². The van der Waals surface area contributed by atoms with E-state index in [9.17, 15) is 8.42 Å². The van der Waals surface area contributed by atoms with E-state index in [-0.39, 0.29) is 0 Å². The largest absolute Gasteiger partial charge is 0.497 e. The first-order valence-corrected chi connectivity index (χ1v) is 13.8. The highest BCUT2D eigenvalue weighted by Gasteiger charge is 2.25. The van der Waals surface area contributed by atoms with Crippen molar-refractivity contribution in [3.05, 3.63) is 60.4 Å². The van der Waals surface area contributed by atoms with Crippen molar-refractivity contribution in [3.8, 4) is 28.7 Å². The van der Waals surface area contributed by atoms with Crippen LogP contribution in [0.25, 0.3) is 28.7 Å². The highest BCUT2D eigenvalue weighted by Crippen LogP contribution is 2.32. The molecular weight excluding hydrogens is 514 g/mol. The van der Waals surface area contributed by atoms with Gasteiger partial charge in [0.2, 0.25) is 5.78 Å². The number of hydrogen-bond donors (Lipinski definition) is 0. The molecule has 0 spiro atoms. The van der Waals surface area contributed by atoms with Crippen molar-refractivity contribution < 1.29 is 13.2 Å². The molecule has 0 aliphatic heterocycles. The Morgan fingerprint density at radius 3 is 2.51 bits per heavy atom. The fraction of sp³-hybridized carbons (Fsp3) is 0.261. The normalized spacial score (nSPS) is 12.1. The number of rotatable bonds is 8. The first-order valence-electron chi connectivity index (χ1n) is 11.2. The Morgan fingerprint density at radius 1 is 1.08 bits per heavy atom. The second kappa shape index (κ2) is 9.61. The molecule has 5 aromatic rings. The Bertz CT molecular complexity index is 1690. The number of fused-ring (bicyclic) bond motifs is 1. The third-order valence-corrected chi connectivity index (χ3v) is 7.99. The highest BCUT2D eigenvalue weighted by molar-refractivity contribution is 7.98. The Labute approximate surface area is 218 Å². The van der Waals surface area contributed by atoms with Crippen LogP contribution in [-0.2, 0) is 16.8 Å². The van der Waals surface area contributed by atoms with E-state index in [1.807, 2.05) is 49.7 Å². The molecule has 0 bridgehead atoms. The third kappa shape index (κ3) is 4.58. The first-order chi connectivity index (χ1) is 17.7. The van der Waals surface area contributed by atoms with Gasteiger partial charge in [0.1, 0.15) is 40.0 Å². The summed E-state index contributed by atoms with van der Waals surface area (Å²) in [4.78, 5) is 18.5. The SMILES string of the molecule is COc1ccc(Cn2nc(C)nc2-c2nc3nc(SC)ccn3c2-c2cn(S(=O)(=O)N(C)C)cn2)cc1. The van der Waals surface area contributed by atoms with Crippen LogP contribution >= 0.6 is 11.8 Å². The number of nitrogens with zero attached hydrogens (tertiary/aromatic N) is 9. The molecule has 0 N–H and O–H groups in total. The molecule has 12 nitrogen and oxygen atoms in total. The topological polar surface area (TPSA) is 125 Å². The molecule has 4 aromatic heterocycles. The summed E-state index contributed by atoms with van der Waals surface area (Å²) in [7, 11) is 0.812. The van der Waals surface area contributed by atoms with Crippen LogP contribution in [0.15, 0.2) is 54.1 Å². The average molecular weight is 540 g/mol. The fourth-order valence-corrected chi connectivity index (χ4v) is 4.96. The van der Waals surface area contributed by atoms with Gasteiger partial charge in [0.15, 0.2) is 5.82 Å². The van der Waals surface area contributed by atoms with Crippen molar-refractivity contribution in [2.24, 2.45) is 0 Å². The minimum absolute atomic E-state index is 0.406. The summed E-state index contributed by atoms with van der Waals surface area (Å²) < 4.78 is 36.4. The van der Waals surface area contributed by atoms with E-state index < -0.39 is 10.2 Å². The van der Waals surface area contributed by atoms with Gasteiger partial charge in [0.25, 0.3) is 0 Å². The lowest BCUT2D eigenvalue weighted by molar-refractivity contribution is 0.414. The van der Waals surface area contributed by atoms with Gasteiger partial charge in [-0.05, 0) is 36.9 Å². The zero-order valence-corrected chi connectivity index (χ0v) is 22.5. The molecule has 0 saturated carbocycles. The lowest BCUT2D eigenvalue weighted by atomic mass is 10.2. The number of hydrogen-bond acceptors (Lipinski definition) is 9. The van der Waals surface area contributed by atoms with Crippen molar-refractivity contribution in [1.82, 2.24) is 42.4 Å². The van der Waals surface area contributed by atoms with Gasteiger partial charge in [-0.2, -0.15) is 17.8 Å². The number of ether oxygens (including phenoxy) is 1. The number of thioether (sulfide) groups is 1. The first kappa shape index (κ1) is 24.9. The van der Waals surface area contributed by atoms with Gasteiger partial charge in [-0.25, -0.2) is 28.6 Å². The molecule has 192 valence electrons. The van der Waals surface area contributed by atoms with E-state index in [2.05, 4.69) is 20.1 Å². The summed E-state index contributed by atoms with van der Waals surface area (Å²) in [5, 5.41) is 5.40. The van der Waals surface area contributed by atoms with Crippen LogP contribution in [-0.4, -0.2) is 78.3 Å². The van der Waals surface area contributed by atoms with Crippen LogP contribution in [0.2, 0.25) is 0 Å². The Kier molecular flexibility index (Phi) is 6.47. The van der Waals surface area contributed by atoms with Crippen LogP contribution in [0.3, 0.4) is 0 Å². The molecule has 0 amide bonds. The summed E-state index contributed by atoms with van der Waals surface area (Å²) in [6.07, 6.45) is 6.51. The second-order valence-corrected chi connectivity index (χ2v) is 11.2. The summed E-state index contributed by atoms with van der Waals surface area (Å²) >= 11 is 1.50. The van der Waals surface area contributed by atoms with Gasteiger partial charge in [0, 0.05) is 20.3 Å². The fourth-order valence-electron chi connectivity index (χ4n) is 3.82. The lowest BCUT2D eigenvalue weighted by Crippen LogP contribution is -2.27. The molecule has 4 heterocycles. The molecular formula is C23H25N9O3S2. The van der Waals surface area contributed by atoms with Crippen molar-refractivity contribution in [2.45, 2.75) is 18.5 Å². The average Bonchev–Trinajstić information content (AvgIpc) is 3.60. The van der Waals surface area contributed by atoms with Crippen LogP contribution in [0.1, 0.15) is 11.4 Å². The Morgan fingerprint density at radius 2 is 1.84 bits per heavy atom. The monoisotopic (exact) mass is 539 g/mol. The number of methoxy groups -OCH3 is 1. The van der Waals surface area contributed by atoms with Gasteiger partial charge in [-0.15, -0.1) is 11.8 Å². The van der Waals surface area contributed by atoms with Gasteiger partial charge in [0.05, 0.1) is 19.9 Å². The smallest absolute Gasteiger partial charge is 0.308 e. The van der Waals surface area contributed by atoms with E-state index in [1.165, 1.54) is 38.4 Å². The van der Waals surface area contributed by atoms with Crippen molar-refractivity contribution >= 4 is 27.7 Å². The van der Waals surface area contributed by atoms with E-state index in [0.717, 1.165) is 24.6 Å². The molecule has 14 heteroatoms. The zero-order valence-electron chi connectivity index (χ0n) is 20.9. The number of benzene rings is 1. The lowest BCUT2D eigenvalue weighted by Gasteiger charge is -2.10. The molecule has 1 aromatic carbocycles.